The van der Waals surface area contributed by atoms with E-state index in [0.717, 1.165) is 19.3 Å². The van der Waals surface area contributed by atoms with Gasteiger partial charge < -0.3 is 15.7 Å². The van der Waals surface area contributed by atoms with Gasteiger partial charge in [-0.25, -0.2) is 4.79 Å². The van der Waals surface area contributed by atoms with E-state index in [4.69, 9.17) is 5.73 Å². The number of hydrogen-bond acceptors (Lipinski definition) is 2. The Bertz CT molecular complexity index is 244. The Morgan fingerprint density at radius 1 is 1.43 bits per heavy atom. The second-order valence-electron chi connectivity index (χ2n) is 4.58. The summed E-state index contributed by atoms with van der Waals surface area (Å²) < 4.78 is 0. The highest BCUT2D eigenvalue weighted by atomic mass is 16.3. The third-order valence-corrected chi connectivity index (χ3v) is 3.74. The smallest absolute Gasteiger partial charge is 0.314 e. The highest BCUT2D eigenvalue weighted by Crippen LogP contribution is 2.39. The lowest BCUT2D eigenvalue weighted by Gasteiger charge is -2.46. The highest BCUT2D eigenvalue weighted by molar-refractivity contribution is 5.72. The first-order valence-electron chi connectivity index (χ1n) is 5.38. The van der Waals surface area contributed by atoms with E-state index < -0.39 is 5.60 Å². The van der Waals surface area contributed by atoms with Crippen molar-refractivity contribution in [3.05, 3.63) is 0 Å². The molecule has 2 amide bonds. The molecule has 1 saturated carbocycles. The van der Waals surface area contributed by atoms with Crippen LogP contribution in [-0.2, 0) is 0 Å². The van der Waals surface area contributed by atoms with Crippen molar-refractivity contribution in [1.29, 1.82) is 0 Å². The predicted molar refractivity (Wildman–Crippen MR) is 52.7 cm³/mol. The van der Waals surface area contributed by atoms with Gasteiger partial charge in [0.25, 0.3) is 0 Å². The third-order valence-electron chi connectivity index (χ3n) is 3.74. The van der Waals surface area contributed by atoms with E-state index in [-0.39, 0.29) is 11.9 Å². The molecule has 2 unspecified atom stereocenters. The van der Waals surface area contributed by atoms with E-state index in [9.17, 15) is 9.90 Å². The predicted octanol–water partition coefficient (Wildman–Crippen LogP) is 0.692. The fourth-order valence-electron chi connectivity index (χ4n) is 2.77. The number of primary amides is 1. The summed E-state index contributed by atoms with van der Waals surface area (Å²) in [7, 11) is 0. The standard InChI is InChI=1S/C10H18N2O2/c11-9(13)12-6-5-10(14)4-2-1-3-8(10)7-12/h8,14H,1-7H2,(H2,11,13). The Labute approximate surface area is 84.1 Å². The van der Waals surface area contributed by atoms with Gasteiger partial charge in [-0.3, -0.25) is 0 Å². The first-order chi connectivity index (χ1) is 6.62. The van der Waals surface area contributed by atoms with E-state index >= 15 is 0 Å². The summed E-state index contributed by atoms with van der Waals surface area (Å²) in [5.74, 6) is 0.248. The fraction of sp³-hybridized carbons (Fsp3) is 0.900. The summed E-state index contributed by atoms with van der Waals surface area (Å²) in [4.78, 5) is 12.7. The quantitative estimate of drug-likeness (QED) is 0.601. The van der Waals surface area contributed by atoms with Crippen LogP contribution >= 0.6 is 0 Å². The largest absolute Gasteiger partial charge is 0.389 e. The number of carbonyl (C=O) groups is 1. The third kappa shape index (κ3) is 1.59. The van der Waals surface area contributed by atoms with E-state index in [0.29, 0.717) is 19.5 Å². The summed E-state index contributed by atoms with van der Waals surface area (Å²) in [6, 6.07) is -0.349. The molecule has 2 atom stereocenters. The van der Waals surface area contributed by atoms with E-state index in [1.54, 1.807) is 4.90 Å². The van der Waals surface area contributed by atoms with Crippen LogP contribution in [0.1, 0.15) is 32.1 Å². The first-order valence-corrected chi connectivity index (χ1v) is 5.38. The molecule has 80 valence electrons. The van der Waals surface area contributed by atoms with Gasteiger partial charge in [-0.1, -0.05) is 12.8 Å². The minimum absolute atomic E-state index is 0.248. The van der Waals surface area contributed by atoms with Crippen molar-refractivity contribution in [1.82, 2.24) is 4.90 Å². The normalized spacial score (nSPS) is 37.8. The molecule has 0 aromatic rings. The molecule has 0 spiro atoms. The molecule has 1 aliphatic heterocycles. The minimum atomic E-state index is -0.510. The Morgan fingerprint density at radius 3 is 2.93 bits per heavy atom. The number of likely N-dealkylation sites (tertiary alicyclic amines) is 1. The Morgan fingerprint density at radius 2 is 2.21 bits per heavy atom. The van der Waals surface area contributed by atoms with Crippen LogP contribution in [0.2, 0.25) is 0 Å². The number of nitrogens with zero attached hydrogens (tertiary/aromatic N) is 1. The van der Waals surface area contributed by atoms with Crippen LogP contribution in [0.25, 0.3) is 0 Å². The van der Waals surface area contributed by atoms with E-state index in [1.165, 1.54) is 6.42 Å². The van der Waals surface area contributed by atoms with Gasteiger partial charge in [-0.2, -0.15) is 0 Å². The number of aliphatic hydroxyl groups is 1. The molecular weight excluding hydrogens is 180 g/mol. The first kappa shape index (κ1) is 9.77. The molecule has 2 rings (SSSR count). The zero-order valence-corrected chi connectivity index (χ0v) is 8.41. The summed E-state index contributed by atoms with van der Waals surface area (Å²) in [5, 5.41) is 10.3. The molecule has 1 heterocycles. The lowest BCUT2D eigenvalue weighted by Crippen LogP contribution is -2.55. The van der Waals surface area contributed by atoms with Gasteiger partial charge in [-0.05, 0) is 19.3 Å². The van der Waals surface area contributed by atoms with E-state index in [2.05, 4.69) is 0 Å². The Balaban J connectivity index is 2.05. The maximum atomic E-state index is 11.0. The maximum absolute atomic E-state index is 11.0. The second-order valence-corrected chi connectivity index (χ2v) is 4.58. The Kier molecular flexibility index (Phi) is 2.39. The van der Waals surface area contributed by atoms with Crippen molar-refractivity contribution in [3.8, 4) is 0 Å². The van der Waals surface area contributed by atoms with Crippen LogP contribution in [0.15, 0.2) is 0 Å². The average Bonchev–Trinajstić information content (AvgIpc) is 2.16. The van der Waals surface area contributed by atoms with Crippen LogP contribution in [0.3, 0.4) is 0 Å². The second kappa shape index (κ2) is 3.42. The van der Waals surface area contributed by atoms with Crippen molar-refractivity contribution >= 4 is 6.03 Å². The molecule has 4 nitrogen and oxygen atoms in total. The van der Waals surface area contributed by atoms with Gasteiger partial charge in [0.2, 0.25) is 0 Å². The van der Waals surface area contributed by atoms with Crippen molar-refractivity contribution < 1.29 is 9.90 Å². The van der Waals surface area contributed by atoms with Crippen LogP contribution in [0.5, 0.6) is 0 Å². The number of piperidine rings is 1. The van der Waals surface area contributed by atoms with Crippen molar-refractivity contribution in [2.24, 2.45) is 11.7 Å². The van der Waals surface area contributed by atoms with Gasteiger partial charge in [0.05, 0.1) is 5.60 Å². The maximum Gasteiger partial charge on any atom is 0.314 e. The topological polar surface area (TPSA) is 66.6 Å². The van der Waals surface area contributed by atoms with E-state index in [1.807, 2.05) is 0 Å². The minimum Gasteiger partial charge on any atom is -0.389 e. The number of urea groups is 1. The van der Waals surface area contributed by atoms with Gasteiger partial charge >= 0.3 is 6.03 Å². The lowest BCUT2D eigenvalue weighted by molar-refractivity contribution is -0.0865. The SMILES string of the molecule is NC(=O)N1CCC2(O)CCCCC2C1. The van der Waals surface area contributed by atoms with Crippen LogP contribution < -0.4 is 5.73 Å². The molecule has 2 fully saturated rings. The summed E-state index contributed by atoms with van der Waals surface area (Å²) in [6.07, 6.45) is 4.90. The Hall–Kier alpha value is -0.770. The molecule has 0 radical (unpaired) electrons. The van der Waals surface area contributed by atoms with Crippen LogP contribution in [0, 0.1) is 5.92 Å². The van der Waals surface area contributed by atoms with Crippen molar-refractivity contribution in [3.63, 3.8) is 0 Å². The lowest BCUT2D eigenvalue weighted by atomic mass is 9.71. The number of fused-ring (bicyclic) bond motifs is 1. The molecule has 0 aromatic carbocycles. The molecule has 14 heavy (non-hydrogen) atoms. The van der Waals surface area contributed by atoms with Crippen molar-refractivity contribution in [2.45, 2.75) is 37.7 Å². The molecule has 0 aromatic heterocycles. The molecule has 0 bridgehead atoms. The molecule has 1 aliphatic carbocycles. The molecular formula is C10H18N2O2. The highest BCUT2D eigenvalue weighted by Gasteiger charge is 2.43. The van der Waals surface area contributed by atoms with Gasteiger partial charge in [0.1, 0.15) is 0 Å². The van der Waals surface area contributed by atoms with Gasteiger partial charge in [-0.15, -0.1) is 0 Å². The summed E-state index contributed by atoms with van der Waals surface area (Å²) in [6.45, 7) is 1.26. The number of amides is 2. The number of carbonyl (C=O) groups excluding carboxylic acids is 1. The molecule has 3 N–H and O–H groups in total. The van der Waals surface area contributed by atoms with Crippen molar-refractivity contribution in [2.75, 3.05) is 13.1 Å². The summed E-state index contributed by atoms with van der Waals surface area (Å²) >= 11 is 0. The summed E-state index contributed by atoms with van der Waals surface area (Å²) in [5.41, 5.74) is 4.73. The van der Waals surface area contributed by atoms with Gasteiger partial charge in [0, 0.05) is 19.0 Å². The zero-order chi connectivity index (χ0) is 10.2. The van der Waals surface area contributed by atoms with Gasteiger partial charge in [0.15, 0.2) is 0 Å². The van der Waals surface area contributed by atoms with Crippen LogP contribution in [0.4, 0.5) is 4.79 Å². The average molecular weight is 198 g/mol. The number of rotatable bonds is 0. The molecule has 2 aliphatic rings. The molecule has 1 saturated heterocycles. The number of hydrogen-bond donors (Lipinski definition) is 2. The monoisotopic (exact) mass is 198 g/mol. The number of nitrogens with two attached hydrogens (primary N) is 1. The zero-order valence-electron chi connectivity index (χ0n) is 8.41. The molecule has 4 heteroatoms. The van der Waals surface area contributed by atoms with Crippen LogP contribution in [-0.4, -0.2) is 34.7 Å². The fourth-order valence-corrected chi connectivity index (χ4v) is 2.77.